The predicted octanol–water partition coefficient (Wildman–Crippen LogP) is 2.26. The molecule has 2 bridgehead atoms. The van der Waals surface area contributed by atoms with Gasteiger partial charge in [-0.25, -0.2) is 0 Å². The van der Waals surface area contributed by atoms with Crippen LogP contribution in [0.25, 0.3) is 5.65 Å². The zero-order valence-corrected chi connectivity index (χ0v) is 16.1. The van der Waals surface area contributed by atoms with Gasteiger partial charge < -0.3 is 9.80 Å². The molecule has 0 radical (unpaired) electrons. The number of nitrogens with zero attached hydrogens (tertiary/aromatic N) is 6. The maximum atomic E-state index is 12.9. The van der Waals surface area contributed by atoms with Crippen molar-refractivity contribution in [1.82, 2.24) is 24.7 Å². The Morgan fingerprint density at radius 1 is 1.07 bits per heavy atom. The highest BCUT2D eigenvalue weighted by molar-refractivity contribution is 7.98. The fraction of sp³-hybridized carbons (Fsp3) is 0.368. The van der Waals surface area contributed by atoms with Crippen LogP contribution >= 0.6 is 11.8 Å². The number of piperidine rings is 1. The van der Waals surface area contributed by atoms with Crippen LogP contribution in [0, 0.1) is 6.92 Å². The van der Waals surface area contributed by atoms with Crippen LogP contribution in [0.4, 0.5) is 5.82 Å². The number of anilines is 1. The SMILES string of the molecule is CSc1ccc(C(=O)N2C3CC2CN(c2ccc4nnc(C)n4n2)C3)cc1. The molecule has 0 spiro atoms. The number of aromatic nitrogens is 4. The van der Waals surface area contributed by atoms with E-state index in [0.29, 0.717) is 0 Å². The first-order valence-electron chi connectivity index (χ1n) is 9.05. The van der Waals surface area contributed by atoms with E-state index in [9.17, 15) is 4.79 Å². The van der Waals surface area contributed by atoms with E-state index in [1.165, 1.54) is 4.90 Å². The van der Waals surface area contributed by atoms with E-state index in [1.807, 2.05) is 54.5 Å². The van der Waals surface area contributed by atoms with Crippen LogP contribution in [0.1, 0.15) is 22.6 Å². The van der Waals surface area contributed by atoms with Gasteiger partial charge in [0.15, 0.2) is 11.5 Å². The van der Waals surface area contributed by atoms with Crippen LogP contribution in [0.2, 0.25) is 0 Å². The minimum Gasteiger partial charge on any atom is -0.351 e. The molecule has 2 unspecified atom stereocenters. The first kappa shape index (κ1) is 16.6. The highest BCUT2D eigenvalue weighted by Crippen LogP contribution is 2.35. The lowest BCUT2D eigenvalue weighted by Gasteiger charge is -2.56. The quantitative estimate of drug-likeness (QED) is 0.650. The van der Waals surface area contributed by atoms with Gasteiger partial charge >= 0.3 is 0 Å². The van der Waals surface area contributed by atoms with Gasteiger partial charge in [-0.1, -0.05) is 0 Å². The maximum absolute atomic E-state index is 12.9. The highest BCUT2D eigenvalue weighted by atomic mass is 32.2. The lowest BCUT2D eigenvalue weighted by atomic mass is 9.86. The van der Waals surface area contributed by atoms with Crippen LogP contribution in [-0.2, 0) is 0 Å². The molecule has 138 valence electrons. The van der Waals surface area contributed by atoms with Crippen LogP contribution < -0.4 is 4.90 Å². The third kappa shape index (κ3) is 2.66. The lowest BCUT2D eigenvalue weighted by Crippen LogP contribution is -2.70. The van der Waals surface area contributed by atoms with Crippen molar-refractivity contribution in [2.24, 2.45) is 0 Å². The summed E-state index contributed by atoms with van der Waals surface area (Å²) in [7, 11) is 0. The molecule has 2 atom stereocenters. The molecule has 3 aromatic rings. The molecule has 3 saturated heterocycles. The third-order valence-electron chi connectivity index (χ3n) is 5.49. The average molecular weight is 380 g/mol. The number of hydrogen-bond donors (Lipinski definition) is 0. The summed E-state index contributed by atoms with van der Waals surface area (Å²) in [6, 6.07) is 12.3. The van der Waals surface area contributed by atoms with E-state index >= 15 is 0 Å². The number of hydrogen-bond acceptors (Lipinski definition) is 6. The third-order valence-corrected chi connectivity index (χ3v) is 6.24. The number of amides is 1. The second kappa shape index (κ2) is 6.23. The van der Waals surface area contributed by atoms with Crippen molar-refractivity contribution in [1.29, 1.82) is 0 Å². The summed E-state index contributed by atoms with van der Waals surface area (Å²) in [4.78, 5) is 18.4. The van der Waals surface area contributed by atoms with Crippen LogP contribution in [0.15, 0.2) is 41.3 Å². The Balaban J connectivity index is 1.33. The van der Waals surface area contributed by atoms with Crippen molar-refractivity contribution in [3.05, 3.63) is 47.8 Å². The van der Waals surface area contributed by atoms with E-state index in [2.05, 4.69) is 20.2 Å². The van der Waals surface area contributed by atoms with E-state index < -0.39 is 0 Å². The van der Waals surface area contributed by atoms with Crippen molar-refractivity contribution in [3.8, 4) is 0 Å². The zero-order chi connectivity index (χ0) is 18.5. The summed E-state index contributed by atoms with van der Waals surface area (Å²) in [5, 5.41) is 12.8. The molecule has 3 fully saturated rings. The zero-order valence-electron chi connectivity index (χ0n) is 15.2. The molecular weight excluding hydrogens is 360 g/mol. The summed E-state index contributed by atoms with van der Waals surface area (Å²) in [6.45, 7) is 3.52. The minimum atomic E-state index is 0.140. The number of piperazine rings is 1. The number of carbonyl (C=O) groups is 1. The Hall–Kier alpha value is -2.61. The molecule has 1 aromatic carbocycles. The van der Waals surface area contributed by atoms with Crippen LogP contribution in [0.3, 0.4) is 0 Å². The molecule has 27 heavy (non-hydrogen) atoms. The minimum absolute atomic E-state index is 0.140. The smallest absolute Gasteiger partial charge is 0.254 e. The van der Waals surface area contributed by atoms with Gasteiger partial charge in [0.2, 0.25) is 0 Å². The first-order chi connectivity index (χ1) is 13.1. The van der Waals surface area contributed by atoms with Crippen molar-refractivity contribution < 1.29 is 4.79 Å². The molecule has 6 rings (SSSR count). The number of aryl methyl sites for hydroxylation is 1. The number of rotatable bonds is 3. The number of thioether (sulfide) groups is 1. The molecule has 5 heterocycles. The lowest BCUT2D eigenvalue weighted by molar-refractivity contribution is 0.00572. The summed E-state index contributed by atoms with van der Waals surface area (Å²) in [6.07, 6.45) is 3.11. The Morgan fingerprint density at radius 2 is 1.81 bits per heavy atom. The van der Waals surface area contributed by atoms with Gasteiger partial charge in [-0.05, 0) is 56.0 Å². The van der Waals surface area contributed by atoms with Crippen molar-refractivity contribution in [3.63, 3.8) is 0 Å². The Morgan fingerprint density at radius 3 is 2.52 bits per heavy atom. The normalized spacial score (nSPS) is 21.4. The van der Waals surface area contributed by atoms with Gasteiger partial charge in [0.25, 0.3) is 5.91 Å². The highest BCUT2D eigenvalue weighted by Gasteiger charge is 2.47. The molecular formula is C19H20N6OS. The van der Waals surface area contributed by atoms with Crippen molar-refractivity contribution in [2.45, 2.75) is 30.3 Å². The summed E-state index contributed by atoms with van der Waals surface area (Å²) < 4.78 is 1.77. The monoisotopic (exact) mass is 380 g/mol. The largest absolute Gasteiger partial charge is 0.351 e. The molecule has 3 aliphatic rings. The van der Waals surface area contributed by atoms with Gasteiger partial charge in [0, 0.05) is 23.5 Å². The van der Waals surface area contributed by atoms with Crippen molar-refractivity contribution in [2.75, 3.05) is 24.2 Å². The second-order valence-corrected chi connectivity index (χ2v) is 7.98. The van der Waals surface area contributed by atoms with E-state index in [0.717, 1.165) is 42.4 Å². The van der Waals surface area contributed by atoms with E-state index in [4.69, 9.17) is 0 Å². The summed E-state index contributed by atoms with van der Waals surface area (Å²) in [5.74, 6) is 1.83. The second-order valence-electron chi connectivity index (χ2n) is 7.10. The van der Waals surface area contributed by atoms with Gasteiger partial charge in [-0.15, -0.1) is 27.1 Å². The topological polar surface area (TPSA) is 66.6 Å². The molecule has 1 amide bonds. The van der Waals surface area contributed by atoms with Gasteiger partial charge in [-0.3, -0.25) is 4.79 Å². The maximum Gasteiger partial charge on any atom is 0.254 e. The molecule has 7 nitrogen and oxygen atoms in total. The summed E-state index contributed by atoms with van der Waals surface area (Å²) >= 11 is 1.68. The molecule has 0 saturated carbocycles. The van der Waals surface area contributed by atoms with E-state index in [-0.39, 0.29) is 18.0 Å². The molecule has 2 aromatic heterocycles. The Kier molecular flexibility index (Phi) is 3.82. The first-order valence-corrected chi connectivity index (χ1v) is 10.3. The predicted molar refractivity (Wildman–Crippen MR) is 104 cm³/mol. The van der Waals surface area contributed by atoms with E-state index in [1.54, 1.807) is 16.3 Å². The number of benzene rings is 1. The van der Waals surface area contributed by atoms with Crippen LogP contribution in [0.5, 0.6) is 0 Å². The van der Waals surface area contributed by atoms with Gasteiger partial charge in [0.1, 0.15) is 5.82 Å². The number of carbonyl (C=O) groups excluding carboxylic acids is 1. The molecule has 0 N–H and O–H groups in total. The van der Waals surface area contributed by atoms with Gasteiger partial charge in [0.05, 0.1) is 12.1 Å². The fourth-order valence-corrected chi connectivity index (χ4v) is 4.47. The molecule has 0 aliphatic carbocycles. The molecule has 8 heteroatoms. The standard InChI is InChI=1S/C19H20N6OS/c1-12-20-21-17-7-8-18(22-25(12)17)23-10-14-9-15(11-23)24(14)19(26)13-3-5-16(27-2)6-4-13/h3-8,14-15H,9-11H2,1-2H3. The molecule has 3 aliphatic heterocycles. The average Bonchev–Trinajstić information content (AvgIpc) is 3.08. The fourth-order valence-electron chi connectivity index (χ4n) is 4.07. The Bertz CT molecular complexity index is 1000. The van der Waals surface area contributed by atoms with Crippen LogP contribution in [-0.4, -0.2) is 62.0 Å². The van der Waals surface area contributed by atoms with Gasteiger partial charge in [-0.2, -0.15) is 4.52 Å². The number of fused-ring (bicyclic) bond motifs is 3. The summed E-state index contributed by atoms with van der Waals surface area (Å²) in [5.41, 5.74) is 1.53. The Labute approximate surface area is 161 Å². The van der Waals surface area contributed by atoms with Crippen molar-refractivity contribution >= 4 is 29.1 Å².